The number of hydrogen-bond donors (Lipinski definition) is 0. The average molecular weight is 374 g/mol. The second kappa shape index (κ2) is 5.45. The highest BCUT2D eigenvalue weighted by atomic mass is 79.9. The Balaban J connectivity index is 2.39. The molecule has 0 radical (unpaired) electrons. The molecule has 0 N–H and O–H groups in total. The maximum Gasteiger partial charge on any atom is 0.171 e. The van der Waals surface area contributed by atoms with Crippen molar-refractivity contribution in [1.82, 2.24) is 9.78 Å². The normalized spacial score (nSPS) is 10.7. The molecular formula is C13H14Br2N2O. The molecule has 0 bridgehead atoms. The Morgan fingerprint density at radius 3 is 2.61 bits per heavy atom. The summed E-state index contributed by atoms with van der Waals surface area (Å²) < 4.78 is 8.88. The van der Waals surface area contributed by atoms with Crippen LogP contribution < -0.4 is 4.74 Å². The Morgan fingerprint density at radius 2 is 2.06 bits per heavy atom. The molecule has 0 aliphatic carbocycles. The molecule has 18 heavy (non-hydrogen) atoms. The Kier molecular flexibility index (Phi) is 4.12. The number of rotatable bonds is 3. The fourth-order valence-corrected chi connectivity index (χ4v) is 2.61. The van der Waals surface area contributed by atoms with Gasteiger partial charge in [-0.3, -0.25) is 4.68 Å². The molecule has 5 heteroatoms. The fraction of sp³-hybridized carbons (Fsp3) is 0.308. The second-order valence-electron chi connectivity index (χ2n) is 4.11. The van der Waals surface area contributed by atoms with E-state index in [4.69, 9.17) is 4.74 Å². The maximum absolute atomic E-state index is 6.00. The van der Waals surface area contributed by atoms with Gasteiger partial charge in [-0.25, -0.2) is 0 Å². The zero-order valence-corrected chi connectivity index (χ0v) is 13.7. The smallest absolute Gasteiger partial charge is 0.171 e. The number of aryl methyl sites for hydroxylation is 2. The van der Waals surface area contributed by atoms with E-state index < -0.39 is 0 Å². The number of nitrogens with zero attached hydrogens (tertiary/aromatic N) is 2. The zero-order valence-electron chi connectivity index (χ0n) is 10.5. The van der Waals surface area contributed by atoms with Crippen molar-refractivity contribution in [2.24, 2.45) is 7.05 Å². The molecule has 1 aromatic heterocycles. The molecule has 2 aromatic rings. The van der Waals surface area contributed by atoms with Crippen molar-refractivity contribution in [1.29, 1.82) is 0 Å². The highest BCUT2D eigenvalue weighted by Crippen LogP contribution is 2.32. The molecule has 0 aliphatic rings. The van der Waals surface area contributed by atoms with E-state index in [1.807, 2.05) is 43.8 Å². The van der Waals surface area contributed by atoms with E-state index in [-0.39, 0.29) is 0 Å². The van der Waals surface area contributed by atoms with E-state index in [1.165, 1.54) is 0 Å². The van der Waals surface area contributed by atoms with Crippen LogP contribution >= 0.6 is 31.9 Å². The van der Waals surface area contributed by atoms with Crippen LogP contribution in [0.25, 0.3) is 0 Å². The summed E-state index contributed by atoms with van der Waals surface area (Å²) in [5, 5.41) is 5.10. The third-order valence-corrected chi connectivity index (χ3v) is 3.92. The topological polar surface area (TPSA) is 27.1 Å². The van der Waals surface area contributed by atoms with Crippen molar-refractivity contribution < 1.29 is 4.74 Å². The first kappa shape index (κ1) is 13.6. The van der Waals surface area contributed by atoms with Crippen molar-refractivity contribution in [3.8, 4) is 11.5 Å². The predicted octanol–water partition coefficient (Wildman–Crippen LogP) is 4.49. The third kappa shape index (κ3) is 2.62. The second-order valence-corrected chi connectivity index (χ2v) is 5.59. The summed E-state index contributed by atoms with van der Waals surface area (Å²) in [4.78, 5) is 0. The van der Waals surface area contributed by atoms with Gasteiger partial charge < -0.3 is 4.74 Å². The first-order chi connectivity index (χ1) is 8.52. The Bertz CT molecular complexity index is 579. The predicted molar refractivity (Wildman–Crippen MR) is 79.5 cm³/mol. The van der Waals surface area contributed by atoms with Crippen molar-refractivity contribution in [2.45, 2.75) is 19.2 Å². The monoisotopic (exact) mass is 372 g/mol. The Morgan fingerprint density at radius 1 is 1.33 bits per heavy atom. The van der Waals surface area contributed by atoms with Crippen molar-refractivity contribution >= 4 is 31.9 Å². The molecule has 96 valence electrons. The lowest BCUT2D eigenvalue weighted by molar-refractivity contribution is 0.470. The fourth-order valence-electron chi connectivity index (χ4n) is 1.76. The molecule has 0 spiro atoms. The summed E-state index contributed by atoms with van der Waals surface area (Å²) in [5.41, 5.74) is 3.03. The number of halogens is 2. The number of aromatic nitrogens is 2. The Labute approximate surface area is 123 Å². The molecular weight excluding hydrogens is 360 g/mol. The summed E-state index contributed by atoms with van der Waals surface area (Å²) in [7, 11) is 1.92. The minimum absolute atomic E-state index is 0.750. The molecule has 0 aliphatic heterocycles. The van der Waals surface area contributed by atoms with E-state index in [9.17, 15) is 0 Å². The molecule has 0 fully saturated rings. The van der Waals surface area contributed by atoms with Gasteiger partial charge in [0.25, 0.3) is 0 Å². The third-order valence-electron chi connectivity index (χ3n) is 2.82. The van der Waals surface area contributed by atoms with Gasteiger partial charge in [0.2, 0.25) is 0 Å². The molecule has 3 nitrogen and oxygen atoms in total. The van der Waals surface area contributed by atoms with Gasteiger partial charge in [0.15, 0.2) is 5.75 Å². The van der Waals surface area contributed by atoms with Gasteiger partial charge in [0.05, 0.1) is 5.69 Å². The lowest BCUT2D eigenvalue weighted by atomic mass is 10.2. The summed E-state index contributed by atoms with van der Waals surface area (Å²) in [6.45, 7) is 3.96. The molecule has 1 aromatic carbocycles. The average Bonchev–Trinajstić information content (AvgIpc) is 2.58. The first-order valence-corrected chi connectivity index (χ1v) is 7.46. The number of hydrogen-bond acceptors (Lipinski definition) is 2. The molecule has 0 unspecified atom stereocenters. The number of benzene rings is 1. The van der Waals surface area contributed by atoms with E-state index >= 15 is 0 Å². The summed E-state index contributed by atoms with van der Waals surface area (Å²) >= 11 is 6.94. The highest BCUT2D eigenvalue weighted by Gasteiger charge is 2.13. The van der Waals surface area contributed by atoms with Crippen LogP contribution in [0.3, 0.4) is 0 Å². The SMILES string of the molecule is Cc1nn(C)c(C)c1Oc1ccc(Br)cc1CBr. The minimum atomic E-state index is 0.750. The first-order valence-electron chi connectivity index (χ1n) is 5.55. The van der Waals surface area contributed by atoms with Gasteiger partial charge in [0, 0.05) is 22.4 Å². The van der Waals surface area contributed by atoms with Crippen LogP contribution in [0, 0.1) is 13.8 Å². The largest absolute Gasteiger partial charge is 0.453 e. The highest BCUT2D eigenvalue weighted by molar-refractivity contribution is 9.10. The number of ether oxygens (including phenoxy) is 1. The van der Waals surface area contributed by atoms with Crippen molar-refractivity contribution in [3.05, 3.63) is 39.6 Å². The van der Waals surface area contributed by atoms with Gasteiger partial charge in [0.1, 0.15) is 11.4 Å². The standard InChI is InChI=1S/C13H14Br2N2O/c1-8-13(9(2)17(3)16-8)18-12-5-4-11(15)6-10(12)7-14/h4-6H,7H2,1-3H3. The van der Waals surface area contributed by atoms with Gasteiger partial charge in [-0.2, -0.15) is 5.10 Å². The Hall–Kier alpha value is -0.810. The van der Waals surface area contributed by atoms with Crippen LogP contribution in [-0.2, 0) is 12.4 Å². The minimum Gasteiger partial charge on any atom is -0.453 e. The van der Waals surface area contributed by atoms with Crippen LogP contribution in [0.5, 0.6) is 11.5 Å². The van der Waals surface area contributed by atoms with E-state index in [0.29, 0.717) is 0 Å². The van der Waals surface area contributed by atoms with Crippen molar-refractivity contribution in [3.63, 3.8) is 0 Å². The van der Waals surface area contributed by atoms with E-state index in [2.05, 4.69) is 37.0 Å². The zero-order chi connectivity index (χ0) is 13.3. The van der Waals surface area contributed by atoms with Gasteiger partial charge in [-0.15, -0.1) is 0 Å². The molecule has 0 amide bonds. The maximum atomic E-state index is 6.00. The van der Waals surface area contributed by atoms with Crippen LogP contribution in [-0.4, -0.2) is 9.78 Å². The van der Waals surface area contributed by atoms with Crippen LogP contribution in [0.2, 0.25) is 0 Å². The van der Waals surface area contributed by atoms with Gasteiger partial charge >= 0.3 is 0 Å². The lowest BCUT2D eigenvalue weighted by Crippen LogP contribution is -1.94. The molecule has 1 heterocycles. The van der Waals surface area contributed by atoms with Crippen molar-refractivity contribution in [2.75, 3.05) is 0 Å². The quantitative estimate of drug-likeness (QED) is 0.741. The molecule has 0 atom stereocenters. The molecule has 0 saturated carbocycles. The summed E-state index contributed by atoms with van der Waals surface area (Å²) in [5.74, 6) is 1.69. The summed E-state index contributed by atoms with van der Waals surface area (Å²) in [6, 6.07) is 5.99. The van der Waals surface area contributed by atoms with E-state index in [1.54, 1.807) is 0 Å². The number of alkyl halides is 1. The molecule has 0 saturated heterocycles. The van der Waals surface area contributed by atoms with Crippen LogP contribution in [0.4, 0.5) is 0 Å². The summed E-state index contributed by atoms with van der Waals surface area (Å²) in [6.07, 6.45) is 0. The van der Waals surface area contributed by atoms with Gasteiger partial charge in [-0.05, 0) is 32.0 Å². The van der Waals surface area contributed by atoms with E-state index in [0.717, 1.165) is 38.3 Å². The van der Waals surface area contributed by atoms with Crippen LogP contribution in [0.15, 0.2) is 22.7 Å². The van der Waals surface area contributed by atoms with Crippen LogP contribution in [0.1, 0.15) is 17.0 Å². The van der Waals surface area contributed by atoms with Gasteiger partial charge in [-0.1, -0.05) is 31.9 Å². The molecule has 2 rings (SSSR count). The lowest BCUT2D eigenvalue weighted by Gasteiger charge is -2.10.